The smallest absolute Gasteiger partial charge is 0.220 e. The number of carbonyl (C=O) groups is 1. The Morgan fingerprint density at radius 3 is 2.90 bits per heavy atom. The van der Waals surface area contributed by atoms with Crippen LogP contribution < -0.4 is 15.8 Å². The lowest BCUT2D eigenvalue weighted by atomic mass is 10.2. The van der Waals surface area contributed by atoms with Crippen LogP contribution in [0.1, 0.15) is 31.2 Å². The van der Waals surface area contributed by atoms with Gasteiger partial charge in [-0.05, 0) is 49.8 Å². The Hall–Kier alpha value is -1.26. The highest BCUT2D eigenvalue weighted by Gasteiger charge is 2.28. The molecule has 21 heavy (non-hydrogen) atoms. The van der Waals surface area contributed by atoms with E-state index in [9.17, 15) is 4.79 Å². The van der Waals surface area contributed by atoms with Crippen molar-refractivity contribution in [3.63, 3.8) is 0 Å². The number of carbonyl (C=O) groups excluding carboxylic acids is 1. The highest BCUT2D eigenvalue weighted by atomic mass is 35.5. The van der Waals surface area contributed by atoms with Crippen LogP contribution >= 0.6 is 12.4 Å². The van der Waals surface area contributed by atoms with Crippen molar-refractivity contribution in [2.24, 2.45) is 11.7 Å². The summed E-state index contributed by atoms with van der Waals surface area (Å²) >= 11 is 0. The molecule has 1 atom stereocenters. The summed E-state index contributed by atoms with van der Waals surface area (Å²) in [6.07, 6.45) is 3.63. The summed E-state index contributed by atoms with van der Waals surface area (Å²) in [6.45, 7) is 3.19. The molecule has 1 saturated carbocycles. The first-order chi connectivity index (χ1) is 9.65. The summed E-state index contributed by atoms with van der Waals surface area (Å²) in [5, 5.41) is 2.89. The lowest BCUT2D eigenvalue weighted by Crippen LogP contribution is -2.38. The molecule has 118 valence electrons. The number of aryl methyl sites for hydroxylation is 1. The number of benzene rings is 1. The Bertz CT molecular complexity index is 450. The standard InChI is InChI=1S/C16H24N2O2.ClH/c1-12-4-2-5-14(10-12)20-9-3-6-16(19)18-11-15(17)13-7-8-13;/h2,4-5,10,13,15H,3,6-9,11,17H2,1H3,(H,18,19);1H. The Balaban J connectivity index is 0.00000220. The zero-order chi connectivity index (χ0) is 14.4. The number of hydrogen-bond acceptors (Lipinski definition) is 3. The topological polar surface area (TPSA) is 64.3 Å². The average molecular weight is 313 g/mol. The Kier molecular flexibility index (Phi) is 7.54. The van der Waals surface area contributed by atoms with Gasteiger partial charge in [-0.25, -0.2) is 0 Å². The highest BCUT2D eigenvalue weighted by molar-refractivity contribution is 5.85. The molecule has 0 aromatic heterocycles. The third kappa shape index (κ3) is 6.82. The van der Waals surface area contributed by atoms with Gasteiger partial charge in [-0.3, -0.25) is 4.79 Å². The van der Waals surface area contributed by atoms with Gasteiger partial charge in [0.1, 0.15) is 5.75 Å². The van der Waals surface area contributed by atoms with Gasteiger partial charge in [0, 0.05) is 19.0 Å². The molecular formula is C16H25ClN2O2. The van der Waals surface area contributed by atoms with E-state index in [1.807, 2.05) is 31.2 Å². The summed E-state index contributed by atoms with van der Waals surface area (Å²) in [4.78, 5) is 11.6. The van der Waals surface area contributed by atoms with E-state index in [2.05, 4.69) is 5.32 Å². The third-order valence-electron chi connectivity index (χ3n) is 3.57. The predicted molar refractivity (Wildman–Crippen MR) is 86.9 cm³/mol. The van der Waals surface area contributed by atoms with E-state index in [1.165, 1.54) is 18.4 Å². The van der Waals surface area contributed by atoms with Crippen molar-refractivity contribution in [2.45, 2.75) is 38.6 Å². The van der Waals surface area contributed by atoms with E-state index in [-0.39, 0.29) is 24.4 Å². The lowest BCUT2D eigenvalue weighted by molar-refractivity contribution is -0.121. The van der Waals surface area contributed by atoms with Crippen LogP contribution in [0.4, 0.5) is 0 Å². The monoisotopic (exact) mass is 312 g/mol. The number of hydrogen-bond donors (Lipinski definition) is 2. The van der Waals surface area contributed by atoms with Crippen molar-refractivity contribution in [1.82, 2.24) is 5.32 Å². The second-order valence-electron chi connectivity index (χ2n) is 5.57. The fraction of sp³-hybridized carbons (Fsp3) is 0.562. The second-order valence-corrected chi connectivity index (χ2v) is 5.57. The quantitative estimate of drug-likeness (QED) is 0.725. The molecule has 0 aliphatic heterocycles. The van der Waals surface area contributed by atoms with Gasteiger partial charge in [0.05, 0.1) is 6.61 Å². The number of ether oxygens (including phenoxy) is 1. The SMILES string of the molecule is Cc1cccc(OCCCC(=O)NCC(N)C2CC2)c1.Cl. The minimum absolute atomic E-state index is 0. The summed E-state index contributed by atoms with van der Waals surface area (Å²) in [6, 6.07) is 8.05. The first kappa shape index (κ1) is 17.8. The zero-order valence-corrected chi connectivity index (χ0v) is 13.3. The van der Waals surface area contributed by atoms with Crippen molar-refractivity contribution in [3.8, 4) is 5.75 Å². The van der Waals surface area contributed by atoms with Gasteiger partial charge in [-0.2, -0.15) is 0 Å². The van der Waals surface area contributed by atoms with Crippen LogP contribution in [-0.2, 0) is 4.79 Å². The van der Waals surface area contributed by atoms with Crippen molar-refractivity contribution < 1.29 is 9.53 Å². The molecule has 0 bridgehead atoms. The Morgan fingerprint density at radius 1 is 1.48 bits per heavy atom. The molecule has 0 heterocycles. The van der Waals surface area contributed by atoms with E-state index >= 15 is 0 Å². The van der Waals surface area contributed by atoms with Crippen LogP contribution in [0.3, 0.4) is 0 Å². The van der Waals surface area contributed by atoms with Crippen LogP contribution in [0.2, 0.25) is 0 Å². The van der Waals surface area contributed by atoms with Gasteiger partial charge in [-0.15, -0.1) is 12.4 Å². The Labute approximate surface area is 132 Å². The molecule has 0 radical (unpaired) electrons. The van der Waals surface area contributed by atoms with Gasteiger partial charge in [-0.1, -0.05) is 12.1 Å². The molecule has 5 heteroatoms. The maximum atomic E-state index is 11.6. The number of halogens is 1. The van der Waals surface area contributed by atoms with Crippen molar-refractivity contribution >= 4 is 18.3 Å². The van der Waals surface area contributed by atoms with Crippen LogP contribution in [0.5, 0.6) is 5.75 Å². The summed E-state index contributed by atoms with van der Waals surface area (Å²) in [7, 11) is 0. The van der Waals surface area contributed by atoms with E-state index < -0.39 is 0 Å². The van der Waals surface area contributed by atoms with E-state index in [0.717, 1.165) is 12.2 Å². The number of nitrogens with one attached hydrogen (secondary N) is 1. The van der Waals surface area contributed by atoms with Gasteiger partial charge in [0.15, 0.2) is 0 Å². The molecule has 1 unspecified atom stereocenters. The van der Waals surface area contributed by atoms with Crippen LogP contribution in [0.25, 0.3) is 0 Å². The maximum absolute atomic E-state index is 11.6. The second kappa shape index (κ2) is 8.90. The molecule has 1 amide bonds. The molecule has 3 N–H and O–H groups in total. The fourth-order valence-electron chi connectivity index (χ4n) is 2.14. The molecule has 4 nitrogen and oxygen atoms in total. The van der Waals surface area contributed by atoms with Crippen molar-refractivity contribution in [2.75, 3.05) is 13.2 Å². The highest BCUT2D eigenvalue weighted by Crippen LogP contribution is 2.31. The largest absolute Gasteiger partial charge is 0.494 e. The maximum Gasteiger partial charge on any atom is 0.220 e. The summed E-state index contributed by atoms with van der Waals surface area (Å²) in [5.74, 6) is 1.55. The predicted octanol–water partition coefficient (Wildman–Crippen LogP) is 2.43. The van der Waals surface area contributed by atoms with E-state index in [0.29, 0.717) is 25.5 Å². The van der Waals surface area contributed by atoms with Crippen molar-refractivity contribution in [3.05, 3.63) is 29.8 Å². The molecule has 0 saturated heterocycles. The molecule has 1 aliphatic rings. The zero-order valence-electron chi connectivity index (χ0n) is 12.5. The van der Waals surface area contributed by atoms with Gasteiger partial charge < -0.3 is 15.8 Å². The summed E-state index contributed by atoms with van der Waals surface area (Å²) < 4.78 is 5.61. The lowest BCUT2D eigenvalue weighted by Gasteiger charge is -2.11. The van der Waals surface area contributed by atoms with Crippen LogP contribution in [0, 0.1) is 12.8 Å². The summed E-state index contributed by atoms with van der Waals surface area (Å²) in [5.41, 5.74) is 7.11. The number of rotatable bonds is 8. The minimum Gasteiger partial charge on any atom is -0.494 e. The molecule has 0 spiro atoms. The number of nitrogens with two attached hydrogens (primary N) is 1. The molecule has 1 aliphatic carbocycles. The average Bonchev–Trinajstić information content (AvgIpc) is 3.25. The van der Waals surface area contributed by atoms with E-state index in [4.69, 9.17) is 10.5 Å². The molecule has 1 fully saturated rings. The Morgan fingerprint density at radius 2 is 2.24 bits per heavy atom. The van der Waals surface area contributed by atoms with Crippen LogP contribution in [0.15, 0.2) is 24.3 Å². The first-order valence-corrected chi connectivity index (χ1v) is 7.37. The van der Waals surface area contributed by atoms with E-state index in [1.54, 1.807) is 0 Å². The molecular weight excluding hydrogens is 288 g/mol. The molecule has 1 aromatic carbocycles. The third-order valence-corrected chi connectivity index (χ3v) is 3.57. The van der Waals surface area contributed by atoms with Gasteiger partial charge >= 0.3 is 0 Å². The molecule has 2 rings (SSSR count). The minimum atomic E-state index is 0. The normalized spacial score (nSPS) is 15.0. The fourth-order valence-corrected chi connectivity index (χ4v) is 2.14. The van der Waals surface area contributed by atoms with Crippen LogP contribution in [-0.4, -0.2) is 25.1 Å². The first-order valence-electron chi connectivity index (χ1n) is 7.37. The van der Waals surface area contributed by atoms with Crippen molar-refractivity contribution in [1.29, 1.82) is 0 Å². The van der Waals surface area contributed by atoms with Gasteiger partial charge in [0.2, 0.25) is 5.91 Å². The molecule has 1 aromatic rings. The van der Waals surface area contributed by atoms with Gasteiger partial charge in [0.25, 0.3) is 0 Å². The number of amides is 1.